The topological polar surface area (TPSA) is 29.1 Å². The highest BCUT2D eigenvalue weighted by atomic mass is 35.5. The number of hydrogen-bond donors (Lipinski definition) is 1. The Morgan fingerprint density at radius 1 is 1.17 bits per heavy atom. The van der Waals surface area contributed by atoms with E-state index >= 15 is 0 Å². The summed E-state index contributed by atoms with van der Waals surface area (Å²) in [6, 6.07) is 11.0. The number of nitrogens with one attached hydrogen (secondary N) is 1. The van der Waals surface area contributed by atoms with Crippen LogP contribution in [0.3, 0.4) is 0 Å². The molecule has 1 atom stereocenters. The van der Waals surface area contributed by atoms with E-state index in [1.807, 2.05) is 31.2 Å². The molecule has 0 heterocycles. The highest BCUT2D eigenvalue weighted by Gasteiger charge is 2.33. The van der Waals surface area contributed by atoms with Crippen LogP contribution in [0.5, 0.6) is 0 Å². The highest BCUT2D eigenvalue weighted by molar-refractivity contribution is 8.00. The molecule has 0 unspecified atom stereocenters. The first-order valence-corrected chi connectivity index (χ1v) is 8.33. The lowest BCUT2D eigenvalue weighted by Crippen LogP contribution is -2.22. The number of aryl methyl sites for hydroxylation is 1. The standard InChI is InChI=1S/C17H15ClF3NOS/c1-10-3-6-13(7-4-10)24-11(2)16(23)22-12-5-8-15(18)14(9-12)17(19,20)21/h3-9,11H,1-2H3,(H,22,23)/t11-/m1/s1. The van der Waals surface area contributed by atoms with Gasteiger partial charge in [0.05, 0.1) is 15.8 Å². The summed E-state index contributed by atoms with van der Waals surface area (Å²) in [5, 5.41) is 1.63. The van der Waals surface area contributed by atoms with E-state index in [1.54, 1.807) is 6.92 Å². The van der Waals surface area contributed by atoms with Crippen molar-refractivity contribution < 1.29 is 18.0 Å². The Morgan fingerprint density at radius 3 is 2.38 bits per heavy atom. The van der Waals surface area contributed by atoms with Crippen LogP contribution in [0.25, 0.3) is 0 Å². The Hall–Kier alpha value is -1.66. The molecule has 2 rings (SSSR count). The Labute approximate surface area is 147 Å². The number of hydrogen-bond acceptors (Lipinski definition) is 2. The molecule has 0 aliphatic rings. The summed E-state index contributed by atoms with van der Waals surface area (Å²) in [5.41, 5.74) is 0.200. The first-order chi connectivity index (χ1) is 11.2. The zero-order valence-electron chi connectivity index (χ0n) is 12.9. The van der Waals surface area contributed by atoms with E-state index in [-0.39, 0.29) is 11.6 Å². The molecular weight excluding hydrogens is 359 g/mol. The second-order valence-corrected chi connectivity index (χ2v) is 7.08. The van der Waals surface area contributed by atoms with Gasteiger partial charge in [0.15, 0.2) is 0 Å². The fourth-order valence-electron chi connectivity index (χ4n) is 1.94. The molecule has 7 heteroatoms. The molecular formula is C17H15ClF3NOS. The molecule has 0 saturated carbocycles. The Morgan fingerprint density at radius 2 is 1.79 bits per heavy atom. The zero-order valence-corrected chi connectivity index (χ0v) is 14.5. The monoisotopic (exact) mass is 373 g/mol. The van der Waals surface area contributed by atoms with Crippen LogP contribution in [-0.2, 0) is 11.0 Å². The summed E-state index contributed by atoms with van der Waals surface area (Å²) in [5.74, 6) is -0.379. The van der Waals surface area contributed by atoms with Crippen molar-refractivity contribution in [2.75, 3.05) is 5.32 Å². The quantitative estimate of drug-likeness (QED) is 0.687. The molecule has 0 saturated heterocycles. The number of thioether (sulfide) groups is 1. The number of carbonyl (C=O) groups excluding carboxylic acids is 1. The van der Waals surface area contributed by atoms with Gasteiger partial charge in [0.2, 0.25) is 5.91 Å². The van der Waals surface area contributed by atoms with Crippen molar-refractivity contribution in [2.45, 2.75) is 30.2 Å². The van der Waals surface area contributed by atoms with Crippen molar-refractivity contribution in [3.05, 3.63) is 58.6 Å². The van der Waals surface area contributed by atoms with Gasteiger partial charge in [-0.15, -0.1) is 11.8 Å². The highest BCUT2D eigenvalue weighted by Crippen LogP contribution is 2.36. The van der Waals surface area contributed by atoms with Crippen LogP contribution in [0.1, 0.15) is 18.1 Å². The molecule has 1 N–H and O–H groups in total. The van der Waals surface area contributed by atoms with Crippen molar-refractivity contribution in [2.24, 2.45) is 0 Å². The molecule has 24 heavy (non-hydrogen) atoms. The predicted molar refractivity (Wildman–Crippen MR) is 91.6 cm³/mol. The smallest absolute Gasteiger partial charge is 0.325 e. The van der Waals surface area contributed by atoms with Crippen molar-refractivity contribution >= 4 is 35.0 Å². The van der Waals surface area contributed by atoms with Crippen LogP contribution in [0, 0.1) is 6.92 Å². The molecule has 0 radical (unpaired) electrons. The molecule has 0 fully saturated rings. The minimum absolute atomic E-state index is 0.0630. The third-order valence-corrected chi connectivity index (χ3v) is 4.68. The molecule has 1 amide bonds. The van der Waals surface area contributed by atoms with Crippen LogP contribution in [0.4, 0.5) is 18.9 Å². The lowest BCUT2D eigenvalue weighted by atomic mass is 10.2. The van der Waals surface area contributed by atoms with Gasteiger partial charge < -0.3 is 5.32 Å². The molecule has 128 valence electrons. The van der Waals surface area contributed by atoms with E-state index in [4.69, 9.17) is 11.6 Å². The van der Waals surface area contributed by atoms with Crippen molar-refractivity contribution in [3.63, 3.8) is 0 Å². The summed E-state index contributed by atoms with van der Waals surface area (Å²) >= 11 is 6.90. The van der Waals surface area contributed by atoms with Crippen molar-refractivity contribution in [1.82, 2.24) is 0 Å². The minimum Gasteiger partial charge on any atom is -0.325 e. The average molecular weight is 374 g/mol. The fourth-order valence-corrected chi connectivity index (χ4v) is 3.03. The maximum atomic E-state index is 12.8. The van der Waals surface area contributed by atoms with E-state index in [2.05, 4.69) is 5.32 Å². The molecule has 2 aromatic carbocycles. The summed E-state index contributed by atoms with van der Waals surface area (Å²) in [7, 11) is 0. The molecule has 0 aliphatic carbocycles. The largest absolute Gasteiger partial charge is 0.417 e. The first-order valence-electron chi connectivity index (χ1n) is 7.08. The molecule has 2 nitrogen and oxygen atoms in total. The van der Waals surface area contributed by atoms with Gasteiger partial charge in [-0.05, 0) is 44.2 Å². The second-order valence-electron chi connectivity index (χ2n) is 5.25. The molecule has 0 aliphatic heterocycles. The average Bonchev–Trinajstić information content (AvgIpc) is 2.50. The van der Waals surface area contributed by atoms with Crippen LogP contribution in [-0.4, -0.2) is 11.2 Å². The van der Waals surface area contributed by atoms with Gasteiger partial charge in [-0.3, -0.25) is 4.79 Å². The third kappa shape index (κ3) is 4.92. The van der Waals surface area contributed by atoms with Gasteiger partial charge in [-0.25, -0.2) is 0 Å². The number of carbonyl (C=O) groups is 1. The van der Waals surface area contributed by atoms with Gasteiger partial charge >= 0.3 is 6.18 Å². The van der Waals surface area contributed by atoms with Gasteiger partial charge in [-0.2, -0.15) is 13.2 Å². The van der Waals surface area contributed by atoms with E-state index in [1.165, 1.54) is 17.8 Å². The number of anilines is 1. The first kappa shape index (κ1) is 18.7. The summed E-state index contributed by atoms with van der Waals surface area (Å²) < 4.78 is 38.5. The molecule has 0 bridgehead atoms. The van der Waals surface area contributed by atoms with Gasteiger partial charge in [0, 0.05) is 10.6 Å². The van der Waals surface area contributed by atoms with E-state index in [0.29, 0.717) is 0 Å². The minimum atomic E-state index is -4.57. The third-order valence-electron chi connectivity index (χ3n) is 3.24. The maximum absolute atomic E-state index is 12.8. The van der Waals surface area contributed by atoms with Crippen LogP contribution < -0.4 is 5.32 Å². The van der Waals surface area contributed by atoms with Crippen LogP contribution in [0.15, 0.2) is 47.4 Å². The molecule has 0 aromatic heterocycles. The maximum Gasteiger partial charge on any atom is 0.417 e. The fraction of sp³-hybridized carbons (Fsp3) is 0.235. The molecule has 0 spiro atoms. The normalized spacial score (nSPS) is 12.8. The predicted octanol–water partition coefficient (Wildman–Crippen LogP) is 5.79. The summed E-state index contributed by atoms with van der Waals surface area (Å²) in [6.45, 7) is 3.66. The van der Waals surface area contributed by atoms with E-state index < -0.39 is 22.0 Å². The van der Waals surface area contributed by atoms with Crippen LogP contribution >= 0.6 is 23.4 Å². The number of alkyl halides is 3. The van der Waals surface area contributed by atoms with Gasteiger partial charge in [0.1, 0.15) is 0 Å². The summed E-state index contributed by atoms with van der Waals surface area (Å²) in [4.78, 5) is 13.1. The van der Waals surface area contributed by atoms with E-state index in [0.717, 1.165) is 22.6 Å². The van der Waals surface area contributed by atoms with Gasteiger partial charge in [0.25, 0.3) is 0 Å². The lowest BCUT2D eigenvalue weighted by molar-refractivity contribution is -0.137. The van der Waals surface area contributed by atoms with E-state index in [9.17, 15) is 18.0 Å². The van der Waals surface area contributed by atoms with Crippen molar-refractivity contribution in [3.8, 4) is 0 Å². The number of halogens is 4. The number of amides is 1. The Balaban J connectivity index is 2.07. The zero-order chi connectivity index (χ0) is 17.9. The lowest BCUT2D eigenvalue weighted by Gasteiger charge is -2.14. The summed E-state index contributed by atoms with van der Waals surface area (Å²) in [6.07, 6.45) is -4.57. The Kier molecular flexibility index (Phi) is 5.83. The van der Waals surface area contributed by atoms with Crippen molar-refractivity contribution in [1.29, 1.82) is 0 Å². The second kappa shape index (κ2) is 7.49. The Bertz CT molecular complexity index is 732. The molecule has 2 aromatic rings. The number of benzene rings is 2. The number of rotatable bonds is 4. The SMILES string of the molecule is Cc1ccc(S[C@H](C)C(=O)Nc2ccc(Cl)c(C(F)(F)F)c2)cc1. The van der Waals surface area contributed by atoms with Crippen LogP contribution in [0.2, 0.25) is 5.02 Å². The van der Waals surface area contributed by atoms with Gasteiger partial charge in [-0.1, -0.05) is 29.3 Å².